The molecule has 1 saturated heterocycles. The Kier molecular flexibility index (Phi) is 3.76. The Balaban J connectivity index is 1.92. The highest BCUT2D eigenvalue weighted by Gasteiger charge is 2.29. The maximum absolute atomic E-state index is 11.5. The van der Waals surface area contributed by atoms with Gasteiger partial charge in [-0.15, -0.1) is 0 Å². The fourth-order valence-corrected chi connectivity index (χ4v) is 3.91. The van der Waals surface area contributed by atoms with Crippen molar-refractivity contribution in [3.63, 3.8) is 0 Å². The smallest absolute Gasteiger partial charge is 0.339 e. The van der Waals surface area contributed by atoms with E-state index >= 15 is 0 Å². The molecular formula is C16H18N2O2S. The standard InChI is InChI=1S/C16H18N2O2S/c1-16(7-4-8-21-16)10-17-14-12(15(19)20)9-11-5-2-3-6-13(11)18-14/h2-3,5-6,9H,4,7-8,10H2,1H3,(H,17,18)(H,19,20). The van der Waals surface area contributed by atoms with Crippen molar-refractivity contribution >= 4 is 34.5 Å². The molecule has 0 radical (unpaired) electrons. The third-order valence-corrected chi connectivity index (χ3v) is 5.42. The van der Waals surface area contributed by atoms with Gasteiger partial charge in [0.2, 0.25) is 0 Å². The van der Waals surface area contributed by atoms with Crippen LogP contribution >= 0.6 is 11.8 Å². The minimum atomic E-state index is -0.944. The molecule has 1 atom stereocenters. The number of hydrogen-bond acceptors (Lipinski definition) is 4. The van der Waals surface area contributed by atoms with Gasteiger partial charge in [-0.1, -0.05) is 18.2 Å². The van der Waals surface area contributed by atoms with Gasteiger partial charge in [0, 0.05) is 16.7 Å². The monoisotopic (exact) mass is 302 g/mol. The van der Waals surface area contributed by atoms with E-state index in [0.717, 1.165) is 23.9 Å². The first-order valence-electron chi connectivity index (χ1n) is 7.08. The number of fused-ring (bicyclic) bond motifs is 1. The molecule has 5 heteroatoms. The van der Waals surface area contributed by atoms with Gasteiger partial charge < -0.3 is 10.4 Å². The summed E-state index contributed by atoms with van der Waals surface area (Å²) in [5.41, 5.74) is 1.05. The van der Waals surface area contributed by atoms with Crippen molar-refractivity contribution in [3.8, 4) is 0 Å². The van der Waals surface area contributed by atoms with Crippen molar-refractivity contribution in [1.29, 1.82) is 0 Å². The molecule has 0 amide bonds. The number of thioether (sulfide) groups is 1. The minimum Gasteiger partial charge on any atom is -0.478 e. The van der Waals surface area contributed by atoms with E-state index in [1.54, 1.807) is 6.07 Å². The number of nitrogens with one attached hydrogen (secondary N) is 1. The lowest BCUT2D eigenvalue weighted by Gasteiger charge is -2.23. The third kappa shape index (κ3) is 2.97. The molecule has 21 heavy (non-hydrogen) atoms. The second-order valence-electron chi connectivity index (χ2n) is 5.64. The van der Waals surface area contributed by atoms with Crippen molar-refractivity contribution in [2.24, 2.45) is 0 Å². The van der Waals surface area contributed by atoms with Crippen LogP contribution in [0.25, 0.3) is 10.9 Å². The number of pyridine rings is 1. The number of benzene rings is 1. The van der Waals surface area contributed by atoms with Gasteiger partial charge in [-0.05, 0) is 37.7 Å². The molecule has 1 aromatic heterocycles. The Bertz CT molecular complexity index is 681. The number of anilines is 1. The Morgan fingerprint density at radius 3 is 3.00 bits per heavy atom. The van der Waals surface area contributed by atoms with Crippen LogP contribution in [0.4, 0.5) is 5.82 Å². The zero-order valence-electron chi connectivity index (χ0n) is 11.9. The summed E-state index contributed by atoms with van der Waals surface area (Å²) >= 11 is 1.94. The maximum atomic E-state index is 11.5. The van der Waals surface area contributed by atoms with Gasteiger partial charge in [-0.3, -0.25) is 0 Å². The average molecular weight is 302 g/mol. The van der Waals surface area contributed by atoms with Crippen LogP contribution in [0.1, 0.15) is 30.1 Å². The van der Waals surface area contributed by atoms with E-state index in [2.05, 4.69) is 17.2 Å². The Morgan fingerprint density at radius 2 is 2.29 bits per heavy atom. The fourth-order valence-electron chi connectivity index (χ4n) is 2.66. The SMILES string of the molecule is CC1(CNc2nc3ccccc3cc2C(=O)O)CCCS1. The first kappa shape index (κ1) is 14.2. The largest absolute Gasteiger partial charge is 0.478 e. The zero-order valence-corrected chi connectivity index (χ0v) is 12.7. The van der Waals surface area contributed by atoms with Gasteiger partial charge in [0.15, 0.2) is 0 Å². The number of para-hydroxylation sites is 1. The molecule has 0 spiro atoms. The molecule has 1 fully saturated rings. The van der Waals surface area contributed by atoms with E-state index in [9.17, 15) is 9.90 Å². The van der Waals surface area contributed by atoms with Gasteiger partial charge in [0.05, 0.1) is 5.52 Å². The molecule has 3 rings (SSSR count). The van der Waals surface area contributed by atoms with E-state index in [1.807, 2.05) is 36.0 Å². The van der Waals surface area contributed by atoms with Crippen molar-refractivity contribution in [3.05, 3.63) is 35.9 Å². The van der Waals surface area contributed by atoms with E-state index < -0.39 is 5.97 Å². The number of aromatic carboxylic acids is 1. The quantitative estimate of drug-likeness (QED) is 0.903. The molecule has 1 unspecified atom stereocenters. The summed E-state index contributed by atoms with van der Waals surface area (Å²) in [7, 11) is 0. The van der Waals surface area contributed by atoms with Crippen LogP contribution in [0.15, 0.2) is 30.3 Å². The molecule has 4 nitrogen and oxygen atoms in total. The van der Waals surface area contributed by atoms with Gasteiger partial charge in [0.25, 0.3) is 0 Å². The van der Waals surface area contributed by atoms with Crippen molar-refractivity contribution in [2.45, 2.75) is 24.5 Å². The van der Waals surface area contributed by atoms with E-state index in [4.69, 9.17) is 0 Å². The highest BCUT2D eigenvalue weighted by Crippen LogP contribution is 2.37. The van der Waals surface area contributed by atoms with Gasteiger partial charge in [-0.25, -0.2) is 9.78 Å². The summed E-state index contributed by atoms with van der Waals surface area (Å²) in [6.45, 7) is 2.96. The second-order valence-corrected chi connectivity index (χ2v) is 7.32. The zero-order chi connectivity index (χ0) is 14.9. The van der Waals surface area contributed by atoms with Gasteiger partial charge >= 0.3 is 5.97 Å². The van der Waals surface area contributed by atoms with Crippen LogP contribution in [0.3, 0.4) is 0 Å². The number of nitrogens with zero attached hydrogens (tertiary/aromatic N) is 1. The van der Waals surface area contributed by atoms with Crippen LogP contribution in [0.2, 0.25) is 0 Å². The van der Waals surface area contributed by atoms with Crippen LogP contribution in [0, 0.1) is 0 Å². The summed E-state index contributed by atoms with van der Waals surface area (Å²) in [5.74, 6) is 0.699. The average Bonchev–Trinajstić information content (AvgIpc) is 2.91. The highest BCUT2D eigenvalue weighted by atomic mass is 32.2. The molecule has 0 saturated carbocycles. The Morgan fingerprint density at radius 1 is 1.48 bits per heavy atom. The molecule has 2 N–H and O–H groups in total. The molecule has 110 valence electrons. The number of carboxylic acid groups (broad SMARTS) is 1. The normalized spacial score (nSPS) is 21.6. The molecular weight excluding hydrogens is 284 g/mol. The predicted molar refractivity (Wildman–Crippen MR) is 87.3 cm³/mol. The first-order chi connectivity index (χ1) is 10.1. The van der Waals surface area contributed by atoms with E-state index in [0.29, 0.717) is 5.82 Å². The van der Waals surface area contributed by atoms with Crippen LogP contribution in [-0.4, -0.2) is 33.1 Å². The maximum Gasteiger partial charge on any atom is 0.339 e. The number of carbonyl (C=O) groups is 1. The van der Waals surface area contributed by atoms with Gasteiger partial charge in [0.1, 0.15) is 11.4 Å². The number of carboxylic acids is 1. The number of rotatable bonds is 4. The molecule has 2 heterocycles. The molecule has 1 aliphatic rings. The van der Waals surface area contributed by atoms with Gasteiger partial charge in [-0.2, -0.15) is 11.8 Å². The highest BCUT2D eigenvalue weighted by molar-refractivity contribution is 8.00. The summed E-state index contributed by atoms with van der Waals surface area (Å²) in [4.78, 5) is 15.9. The van der Waals surface area contributed by atoms with E-state index in [-0.39, 0.29) is 10.3 Å². The minimum absolute atomic E-state index is 0.170. The number of hydrogen-bond donors (Lipinski definition) is 2. The molecule has 1 aromatic carbocycles. The Hall–Kier alpha value is -1.75. The molecule has 2 aromatic rings. The summed E-state index contributed by atoms with van der Waals surface area (Å²) in [6.07, 6.45) is 2.38. The summed E-state index contributed by atoms with van der Waals surface area (Å²) in [5, 5.41) is 13.5. The molecule has 0 bridgehead atoms. The summed E-state index contributed by atoms with van der Waals surface area (Å²) < 4.78 is 0.170. The summed E-state index contributed by atoms with van der Waals surface area (Å²) in [6, 6.07) is 9.27. The topological polar surface area (TPSA) is 62.2 Å². The van der Waals surface area contributed by atoms with Crippen LogP contribution in [0.5, 0.6) is 0 Å². The van der Waals surface area contributed by atoms with Crippen molar-refractivity contribution < 1.29 is 9.90 Å². The van der Waals surface area contributed by atoms with Crippen LogP contribution in [-0.2, 0) is 0 Å². The molecule has 0 aliphatic carbocycles. The Labute approximate surface area is 128 Å². The number of aromatic nitrogens is 1. The van der Waals surface area contributed by atoms with Crippen molar-refractivity contribution in [2.75, 3.05) is 17.6 Å². The lowest BCUT2D eigenvalue weighted by atomic mass is 10.1. The van der Waals surface area contributed by atoms with E-state index in [1.165, 1.54) is 12.2 Å². The predicted octanol–water partition coefficient (Wildman–Crippen LogP) is 3.63. The van der Waals surface area contributed by atoms with Crippen LogP contribution < -0.4 is 5.32 Å². The van der Waals surface area contributed by atoms with Crippen molar-refractivity contribution in [1.82, 2.24) is 4.98 Å². The third-order valence-electron chi connectivity index (χ3n) is 3.88. The molecule has 1 aliphatic heterocycles. The first-order valence-corrected chi connectivity index (χ1v) is 8.07. The lowest BCUT2D eigenvalue weighted by molar-refractivity contribution is 0.0697. The second kappa shape index (κ2) is 5.56. The fraction of sp³-hybridized carbons (Fsp3) is 0.375. The lowest BCUT2D eigenvalue weighted by Crippen LogP contribution is -2.28.